The first-order valence-corrected chi connectivity index (χ1v) is 6.34. The lowest BCUT2D eigenvalue weighted by molar-refractivity contribution is -0.124. The molecular formula is C14H19NO4. The molecule has 1 aromatic rings. The van der Waals surface area contributed by atoms with Gasteiger partial charge in [-0.25, -0.2) is 0 Å². The van der Waals surface area contributed by atoms with Gasteiger partial charge in [-0.05, 0) is 18.6 Å². The average Bonchev–Trinajstić information content (AvgIpc) is 2.83. The minimum atomic E-state index is -0.932. The van der Waals surface area contributed by atoms with Crippen LogP contribution in [0.25, 0.3) is 0 Å². The van der Waals surface area contributed by atoms with Crippen LogP contribution in [-0.4, -0.2) is 43.0 Å². The summed E-state index contributed by atoms with van der Waals surface area (Å²) in [7, 11) is 0. The Hall–Kier alpha value is -1.59. The predicted octanol–water partition coefficient (Wildman–Crippen LogP) is 0.641. The van der Waals surface area contributed by atoms with Gasteiger partial charge >= 0.3 is 0 Å². The number of carbonyl (C=O) groups is 1. The number of amides is 1. The van der Waals surface area contributed by atoms with Crippen molar-refractivity contribution in [3.05, 3.63) is 29.8 Å². The molecule has 0 bridgehead atoms. The molecule has 0 unspecified atom stereocenters. The van der Waals surface area contributed by atoms with Crippen LogP contribution in [0.4, 0.5) is 0 Å². The summed E-state index contributed by atoms with van der Waals surface area (Å²) in [5.41, 5.74) is 0.0522. The quantitative estimate of drug-likeness (QED) is 0.820. The van der Waals surface area contributed by atoms with Gasteiger partial charge in [-0.15, -0.1) is 0 Å². The third kappa shape index (κ3) is 3.94. The van der Waals surface area contributed by atoms with Crippen molar-refractivity contribution in [2.45, 2.75) is 18.9 Å². The summed E-state index contributed by atoms with van der Waals surface area (Å²) in [4.78, 5) is 11.6. The molecule has 0 aliphatic carbocycles. The van der Waals surface area contributed by atoms with E-state index < -0.39 is 5.60 Å². The van der Waals surface area contributed by atoms with Gasteiger partial charge in [0.05, 0.1) is 6.61 Å². The van der Waals surface area contributed by atoms with Crippen LogP contribution in [0.15, 0.2) is 24.3 Å². The van der Waals surface area contributed by atoms with Crippen molar-refractivity contribution in [3.8, 4) is 5.75 Å². The van der Waals surface area contributed by atoms with Gasteiger partial charge in [0.1, 0.15) is 11.4 Å². The van der Waals surface area contributed by atoms with E-state index >= 15 is 0 Å². The Morgan fingerprint density at radius 3 is 3.00 bits per heavy atom. The number of nitrogens with one attached hydrogen (secondary N) is 1. The molecule has 5 nitrogen and oxygen atoms in total. The molecule has 0 saturated carbocycles. The summed E-state index contributed by atoms with van der Waals surface area (Å²) in [5.74, 6) is 0.448. The summed E-state index contributed by atoms with van der Waals surface area (Å²) in [6.45, 7) is 2.87. The molecule has 1 aliphatic heterocycles. The van der Waals surface area contributed by atoms with Crippen LogP contribution >= 0.6 is 0 Å². The zero-order chi connectivity index (χ0) is 13.7. The number of rotatable bonds is 5. The van der Waals surface area contributed by atoms with E-state index in [2.05, 4.69) is 5.32 Å². The molecule has 5 heteroatoms. The predicted molar refractivity (Wildman–Crippen MR) is 70.1 cm³/mol. The van der Waals surface area contributed by atoms with E-state index in [0.717, 1.165) is 5.56 Å². The van der Waals surface area contributed by atoms with Crippen molar-refractivity contribution in [1.29, 1.82) is 0 Å². The average molecular weight is 265 g/mol. The van der Waals surface area contributed by atoms with Crippen LogP contribution < -0.4 is 10.1 Å². The number of benzene rings is 1. The maximum Gasteiger partial charge on any atom is 0.258 e. The zero-order valence-corrected chi connectivity index (χ0v) is 11.0. The van der Waals surface area contributed by atoms with Crippen molar-refractivity contribution in [3.63, 3.8) is 0 Å². The number of aliphatic hydroxyl groups is 1. The molecule has 1 saturated heterocycles. The molecule has 2 N–H and O–H groups in total. The molecule has 1 aliphatic rings. The summed E-state index contributed by atoms with van der Waals surface area (Å²) in [6.07, 6.45) is 0.548. The largest absolute Gasteiger partial charge is 0.484 e. The molecule has 1 heterocycles. The monoisotopic (exact) mass is 265 g/mol. The van der Waals surface area contributed by atoms with E-state index in [1.165, 1.54) is 0 Å². The van der Waals surface area contributed by atoms with E-state index in [4.69, 9.17) is 9.47 Å². The maximum atomic E-state index is 11.6. The molecule has 0 spiro atoms. The highest BCUT2D eigenvalue weighted by atomic mass is 16.5. The van der Waals surface area contributed by atoms with Gasteiger partial charge in [-0.2, -0.15) is 0 Å². The Kier molecular flexibility index (Phi) is 4.39. The molecule has 1 atom stereocenters. The second-order valence-corrected chi connectivity index (χ2v) is 4.86. The molecule has 0 aromatic heterocycles. The Bertz CT molecular complexity index is 441. The lowest BCUT2D eigenvalue weighted by Gasteiger charge is -2.20. The smallest absolute Gasteiger partial charge is 0.258 e. The van der Waals surface area contributed by atoms with Crippen LogP contribution in [-0.2, 0) is 9.53 Å². The third-order valence-electron chi connectivity index (χ3n) is 3.15. The molecule has 1 aromatic carbocycles. The van der Waals surface area contributed by atoms with Crippen molar-refractivity contribution < 1.29 is 19.4 Å². The van der Waals surface area contributed by atoms with Gasteiger partial charge in [0.15, 0.2) is 6.61 Å². The number of aryl methyl sites for hydroxylation is 1. The van der Waals surface area contributed by atoms with E-state index in [9.17, 15) is 9.90 Å². The van der Waals surface area contributed by atoms with E-state index in [-0.39, 0.29) is 25.7 Å². The molecule has 2 rings (SSSR count). The first-order valence-electron chi connectivity index (χ1n) is 6.34. The third-order valence-corrected chi connectivity index (χ3v) is 3.15. The van der Waals surface area contributed by atoms with Crippen molar-refractivity contribution in [2.24, 2.45) is 0 Å². The van der Waals surface area contributed by atoms with Crippen LogP contribution in [0.3, 0.4) is 0 Å². The second kappa shape index (κ2) is 6.04. The molecule has 0 radical (unpaired) electrons. The highest BCUT2D eigenvalue weighted by Crippen LogP contribution is 2.17. The fraction of sp³-hybridized carbons (Fsp3) is 0.500. The van der Waals surface area contributed by atoms with Crippen molar-refractivity contribution >= 4 is 5.91 Å². The first-order chi connectivity index (χ1) is 9.09. The summed E-state index contributed by atoms with van der Waals surface area (Å²) in [5, 5.41) is 12.6. The lowest BCUT2D eigenvalue weighted by atomic mass is 10.0. The molecular weight excluding hydrogens is 246 g/mol. The standard InChI is InChI=1S/C14H19NO4/c1-11-4-2-3-5-12(11)19-8-13(16)15-9-14(17)6-7-18-10-14/h2-5,17H,6-10H2,1H3,(H,15,16)/t14-/m1/s1. The van der Waals surface area contributed by atoms with Gasteiger partial charge in [0.2, 0.25) is 0 Å². The topological polar surface area (TPSA) is 67.8 Å². The van der Waals surface area contributed by atoms with Crippen LogP contribution in [0.2, 0.25) is 0 Å². The van der Waals surface area contributed by atoms with Crippen LogP contribution in [0.1, 0.15) is 12.0 Å². The van der Waals surface area contributed by atoms with Gasteiger partial charge in [-0.1, -0.05) is 18.2 Å². The highest BCUT2D eigenvalue weighted by molar-refractivity contribution is 5.77. The first kappa shape index (κ1) is 13.8. The molecule has 19 heavy (non-hydrogen) atoms. The fourth-order valence-corrected chi connectivity index (χ4v) is 1.91. The van der Waals surface area contributed by atoms with Gasteiger partial charge in [0, 0.05) is 19.6 Å². The Morgan fingerprint density at radius 2 is 2.32 bits per heavy atom. The SMILES string of the molecule is Cc1ccccc1OCC(=O)NC[C@]1(O)CCOC1. The maximum absolute atomic E-state index is 11.6. The second-order valence-electron chi connectivity index (χ2n) is 4.86. The van der Waals surface area contributed by atoms with Crippen molar-refractivity contribution in [1.82, 2.24) is 5.32 Å². The Balaban J connectivity index is 1.74. The van der Waals surface area contributed by atoms with Gasteiger partial charge in [0.25, 0.3) is 5.91 Å². The van der Waals surface area contributed by atoms with E-state index in [1.54, 1.807) is 0 Å². The van der Waals surface area contributed by atoms with E-state index in [1.807, 2.05) is 31.2 Å². The number of carbonyl (C=O) groups excluding carboxylic acids is 1. The molecule has 1 fully saturated rings. The number of hydrogen-bond donors (Lipinski definition) is 2. The lowest BCUT2D eigenvalue weighted by Crippen LogP contribution is -2.44. The van der Waals surface area contributed by atoms with Gasteiger partial charge in [-0.3, -0.25) is 4.79 Å². The van der Waals surface area contributed by atoms with Crippen molar-refractivity contribution in [2.75, 3.05) is 26.4 Å². The summed E-state index contributed by atoms with van der Waals surface area (Å²) < 4.78 is 10.5. The van der Waals surface area contributed by atoms with Gasteiger partial charge < -0.3 is 19.9 Å². The summed E-state index contributed by atoms with van der Waals surface area (Å²) in [6, 6.07) is 7.52. The zero-order valence-electron chi connectivity index (χ0n) is 11.0. The number of hydrogen-bond acceptors (Lipinski definition) is 4. The molecule has 1 amide bonds. The summed E-state index contributed by atoms with van der Waals surface area (Å²) >= 11 is 0. The van der Waals surface area contributed by atoms with E-state index in [0.29, 0.717) is 18.8 Å². The number of ether oxygens (including phenoxy) is 2. The minimum absolute atomic E-state index is 0.0538. The fourth-order valence-electron chi connectivity index (χ4n) is 1.91. The Morgan fingerprint density at radius 1 is 1.53 bits per heavy atom. The number of para-hydroxylation sites is 1. The van der Waals surface area contributed by atoms with Crippen LogP contribution in [0.5, 0.6) is 5.75 Å². The Labute approximate surface area is 112 Å². The van der Waals surface area contributed by atoms with Crippen LogP contribution in [0, 0.1) is 6.92 Å². The normalized spacial score (nSPS) is 22.2. The highest BCUT2D eigenvalue weighted by Gasteiger charge is 2.32. The minimum Gasteiger partial charge on any atom is -0.484 e. The molecule has 104 valence electrons.